The summed E-state index contributed by atoms with van der Waals surface area (Å²) < 4.78 is 1.91. The number of carbonyl (C=O) groups excluding carboxylic acids is 1. The summed E-state index contributed by atoms with van der Waals surface area (Å²) in [4.78, 5) is 12.0. The molecule has 1 heterocycles. The second kappa shape index (κ2) is 6.19. The highest BCUT2D eigenvalue weighted by atomic mass is 16.3. The third-order valence-electron chi connectivity index (χ3n) is 3.86. The van der Waals surface area contributed by atoms with E-state index in [4.69, 9.17) is 0 Å². The van der Waals surface area contributed by atoms with E-state index in [2.05, 4.69) is 10.4 Å². The van der Waals surface area contributed by atoms with E-state index in [1.54, 1.807) is 6.07 Å². The van der Waals surface area contributed by atoms with Crippen LogP contribution in [0.5, 0.6) is 0 Å². The molecule has 0 radical (unpaired) electrons. The van der Waals surface area contributed by atoms with Gasteiger partial charge in [0.15, 0.2) is 0 Å². The van der Waals surface area contributed by atoms with Crippen LogP contribution in [0.15, 0.2) is 12.3 Å². The summed E-state index contributed by atoms with van der Waals surface area (Å²) >= 11 is 0. The molecular formula is C14H23N3O2. The van der Waals surface area contributed by atoms with Gasteiger partial charge in [0.2, 0.25) is 0 Å². The van der Waals surface area contributed by atoms with E-state index < -0.39 is 0 Å². The van der Waals surface area contributed by atoms with Gasteiger partial charge in [-0.3, -0.25) is 9.48 Å². The molecule has 0 aliphatic heterocycles. The van der Waals surface area contributed by atoms with Crippen molar-refractivity contribution >= 4 is 5.91 Å². The molecule has 0 spiro atoms. The third-order valence-corrected chi connectivity index (χ3v) is 3.86. The first-order valence-corrected chi connectivity index (χ1v) is 7.08. The van der Waals surface area contributed by atoms with Crippen LogP contribution in [0.4, 0.5) is 0 Å². The molecule has 1 fully saturated rings. The van der Waals surface area contributed by atoms with Crippen LogP contribution in [0.1, 0.15) is 56.1 Å². The number of hydrogen-bond donors (Lipinski definition) is 2. The minimum atomic E-state index is -0.218. The van der Waals surface area contributed by atoms with Crippen molar-refractivity contribution in [1.82, 2.24) is 15.1 Å². The smallest absolute Gasteiger partial charge is 0.272 e. The van der Waals surface area contributed by atoms with E-state index in [-0.39, 0.29) is 24.5 Å². The zero-order valence-electron chi connectivity index (χ0n) is 11.7. The Bertz CT molecular complexity index is 422. The topological polar surface area (TPSA) is 67.2 Å². The molecule has 106 valence electrons. The second-order valence-corrected chi connectivity index (χ2v) is 5.63. The summed E-state index contributed by atoms with van der Waals surface area (Å²) in [6.45, 7) is 3.89. The van der Waals surface area contributed by atoms with Gasteiger partial charge in [-0.15, -0.1) is 0 Å². The molecule has 1 aromatic heterocycles. The van der Waals surface area contributed by atoms with Crippen molar-refractivity contribution in [3.05, 3.63) is 18.0 Å². The lowest BCUT2D eigenvalue weighted by Crippen LogP contribution is -2.41. The van der Waals surface area contributed by atoms with Crippen molar-refractivity contribution in [3.63, 3.8) is 0 Å². The number of aromatic nitrogens is 2. The highest BCUT2D eigenvalue weighted by Crippen LogP contribution is 2.28. The molecule has 0 unspecified atom stereocenters. The Kier molecular flexibility index (Phi) is 4.58. The van der Waals surface area contributed by atoms with Gasteiger partial charge in [-0.05, 0) is 24.8 Å². The predicted molar refractivity (Wildman–Crippen MR) is 72.9 cm³/mol. The van der Waals surface area contributed by atoms with E-state index in [9.17, 15) is 9.90 Å². The van der Waals surface area contributed by atoms with E-state index in [1.165, 1.54) is 12.8 Å². The summed E-state index contributed by atoms with van der Waals surface area (Å²) in [5.74, 6) is -0.00429. The molecule has 2 N–H and O–H groups in total. The molecule has 0 aromatic carbocycles. The van der Waals surface area contributed by atoms with E-state index in [0.29, 0.717) is 11.7 Å². The number of nitrogens with zero attached hydrogens (tertiary/aromatic N) is 2. The van der Waals surface area contributed by atoms with Crippen LogP contribution in [0, 0.1) is 5.92 Å². The van der Waals surface area contributed by atoms with Crippen LogP contribution in [0.25, 0.3) is 0 Å². The molecule has 1 amide bonds. The minimum absolute atomic E-state index is 0.0489. The number of carbonyl (C=O) groups is 1. The fourth-order valence-corrected chi connectivity index (χ4v) is 2.50. The van der Waals surface area contributed by atoms with Gasteiger partial charge in [-0.25, -0.2) is 0 Å². The number of aliphatic hydroxyl groups excluding tert-OH is 1. The zero-order valence-corrected chi connectivity index (χ0v) is 11.7. The first-order chi connectivity index (χ1) is 9.11. The lowest BCUT2D eigenvalue weighted by atomic mass is 10.1. The summed E-state index contributed by atoms with van der Waals surface area (Å²) in [6, 6.07) is 1.98. The van der Waals surface area contributed by atoms with Crippen molar-refractivity contribution in [2.24, 2.45) is 5.92 Å². The van der Waals surface area contributed by atoms with Crippen molar-refractivity contribution in [1.29, 1.82) is 0 Å². The van der Waals surface area contributed by atoms with Crippen molar-refractivity contribution in [2.75, 3.05) is 6.61 Å². The highest BCUT2D eigenvalue weighted by Gasteiger charge is 2.21. The van der Waals surface area contributed by atoms with Crippen LogP contribution < -0.4 is 5.32 Å². The molecule has 5 heteroatoms. The van der Waals surface area contributed by atoms with Gasteiger partial charge >= 0.3 is 0 Å². The Balaban J connectivity index is 1.99. The quantitative estimate of drug-likeness (QED) is 0.852. The normalized spacial score (nSPS) is 17.9. The van der Waals surface area contributed by atoms with E-state index in [0.717, 1.165) is 12.8 Å². The summed E-state index contributed by atoms with van der Waals surface area (Å²) in [5, 5.41) is 16.4. The zero-order chi connectivity index (χ0) is 13.8. The fourth-order valence-electron chi connectivity index (χ4n) is 2.50. The first kappa shape index (κ1) is 14.1. The molecule has 1 saturated carbocycles. The molecule has 19 heavy (non-hydrogen) atoms. The van der Waals surface area contributed by atoms with Gasteiger partial charge in [-0.1, -0.05) is 26.7 Å². The van der Waals surface area contributed by atoms with E-state index in [1.807, 2.05) is 24.7 Å². The lowest BCUT2D eigenvalue weighted by Gasteiger charge is -2.19. The molecule has 2 rings (SSSR count). The molecule has 5 nitrogen and oxygen atoms in total. The van der Waals surface area contributed by atoms with Crippen molar-refractivity contribution in [2.45, 2.75) is 51.6 Å². The predicted octanol–water partition coefficient (Wildman–Crippen LogP) is 1.74. The number of hydrogen-bond acceptors (Lipinski definition) is 3. The molecular weight excluding hydrogens is 242 g/mol. The molecule has 1 aromatic rings. The standard InChI is InChI=1S/C14H23N3O2/c1-10(2)13(9-18)15-14(19)12-7-8-17(16-12)11-5-3-4-6-11/h7-8,10-11,13,18H,3-6,9H2,1-2H3,(H,15,19)/t13-/m1/s1. The van der Waals surface area contributed by atoms with Crippen molar-refractivity contribution in [3.8, 4) is 0 Å². The van der Waals surface area contributed by atoms with Gasteiger partial charge in [-0.2, -0.15) is 5.10 Å². The van der Waals surface area contributed by atoms with E-state index >= 15 is 0 Å². The fraction of sp³-hybridized carbons (Fsp3) is 0.714. The van der Waals surface area contributed by atoms with Crippen LogP contribution in [-0.4, -0.2) is 33.4 Å². The SMILES string of the molecule is CC(C)[C@@H](CO)NC(=O)c1ccn(C2CCCC2)n1. The van der Waals surface area contributed by atoms with Crippen LogP contribution >= 0.6 is 0 Å². The molecule has 0 bridgehead atoms. The number of rotatable bonds is 5. The Morgan fingerprint density at radius 1 is 1.53 bits per heavy atom. The maximum atomic E-state index is 12.0. The monoisotopic (exact) mass is 265 g/mol. The molecule has 1 aliphatic carbocycles. The van der Waals surface area contributed by atoms with Crippen molar-refractivity contribution < 1.29 is 9.90 Å². The van der Waals surface area contributed by atoms with Gasteiger partial charge < -0.3 is 10.4 Å². The minimum Gasteiger partial charge on any atom is -0.394 e. The lowest BCUT2D eigenvalue weighted by molar-refractivity contribution is 0.0890. The summed E-state index contributed by atoms with van der Waals surface area (Å²) in [7, 11) is 0. The summed E-state index contributed by atoms with van der Waals surface area (Å²) in [6.07, 6.45) is 6.66. The molecule has 0 saturated heterocycles. The summed E-state index contributed by atoms with van der Waals surface area (Å²) in [5.41, 5.74) is 0.436. The number of amides is 1. The Morgan fingerprint density at radius 3 is 2.79 bits per heavy atom. The van der Waals surface area contributed by atoms with Crippen LogP contribution in [-0.2, 0) is 0 Å². The first-order valence-electron chi connectivity index (χ1n) is 7.08. The Hall–Kier alpha value is -1.36. The van der Waals surface area contributed by atoms with Gasteiger partial charge in [0.05, 0.1) is 18.7 Å². The maximum absolute atomic E-state index is 12.0. The molecule has 1 aliphatic rings. The average molecular weight is 265 g/mol. The van der Waals surface area contributed by atoms with Crippen LogP contribution in [0.3, 0.4) is 0 Å². The second-order valence-electron chi connectivity index (χ2n) is 5.63. The van der Waals surface area contributed by atoms with Gasteiger partial charge in [0, 0.05) is 6.20 Å². The third kappa shape index (κ3) is 3.35. The van der Waals surface area contributed by atoms with Crippen LogP contribution in [0.2, 0.25) is 0 Å². The van der Waals surface area contributed by atoms with Gasteiger partial charge in [0.25, 0.3) is 5.91 Å². The Labute approximate surface area is 114 Å². The van der Waals surface area contributed by atoms with Gasteiger partial charge in [0.1, 0.15) is 5.69 Å². The average Bonchev–Trinajstić information content (AvgIpc) is 3.04. The maximum Gasteiger partial charge on any atom is 0.272 e. The number of aliphatic hydroxyl groups is 1. The highest BCUT2D eigenvalue weighted by molar-refractivity contribution is 5.92. The largest absolute Gasteiger partial charge is 0.394 e. The number of nitrogens with one attached hydrogen (secondary N) is 1. The molecule has 1 atom stereocenters. The Morgan fingerprint density at radius 2 is 2.21 bits per heavy atom.